The molecule has 2 aliphatic rings. The molecule has 1 atom stereocenters. The number of nitrogens with zero attached hydrogens (tertiary/aromatic N) is 4. The van der Waals surface area contributed by atoms with Crippen molar-refractivity contribution in [3.8, 4) is 0 Å². The van der Waals surface area contributed by atoms with Crippen LogP contribution in [0.1, 0.15) is 44.4 Å². The summed E-state index contributed by atoms with van der Waals surface area (Å²) in [6.45, 7) is 6.39. The Bertz CT molecular complexity index is 652. The second kappa shape index (κ2) is 6.43. The standard InChI is InChI=1S/C17H26N4O2/c1-12(2)21-8-5-4-6-15(21)17(23)20-9-7-13-14(10-20)18-11-19(3)16(13)22/h11-12,15H,4-10H2,1-3H3/t15-/m1/s1. The molecule has 0 saturated carbocycles. The third-order valence-electron chi connectivity index (χ3n) is 5.09. The van der Waals surface area contributed by atoms with E-state index >= 15 is 0 Å². The highest BCUT2D eigenvalue weighted by Gasteiger charge is 2.35. The highest BCUT2D eigenvalue weighted by atomic mass is 16.2. The summed E-state index contributed by atoms with van der Waals surface area (Å²) in [7, 11) is 1.72. The first-order valence-electron chi connectivity index (χ1n) is 8.57. The Balaban J connectivity index is 1.79. The average molecular weight is 318 g/mol. The minimum Gasteiger partial charge on any atom is -0.335 e. The van der Waals surface area contributed by atoms with Crippen molar-refractivity contribution in [1.82, 2.24) is 19.4 Å². The topological polar surface area (TPSA) is 58.4 Å². The first-order valence-corrected chi connectivity index (χ1v) is 8.57. The molecule has 6 nitrogen and oxygen atoms in total. The van der Waals surface area contributed by atoms with E-state index in [1.807, 2.05) is 4.90 Å². The smallest absolute Gasteiger partial charge is 0.256 e. The summed E-state index contributed by atoms with van der Waals surface area (Å²) < 4.78 is 1.51. The van der Waals surface area contributed by atoms with Gasteiger partial charge < -0.3 is 9.47 Å². The number of carbonyl (C=O) groups excluding carboxylic acids is 1. The minimum atomic E-state index is -0.0168. The van der Waals surface area contributed by atoms with Crippen LogP contribution in [0.25, 0.3) is 0 Å². The zero-order chi connectivity index (χ0) is 16.6. The van der Waals surface area contributed by atoms with E-state index < -0.39 is 0 Å². The molecule has 0 radical (unpaired) electrons. The van der Waals surface area contributed by atoms with Gasteiger partial charge in [0.25, 0.3) is 5.56 Å². The van der Waals surface area contributed by atoms with Gasteiger partial charge >= 0.3 is 0 Å². The van der Waals surface area contributed by atoms with Gasteiger partial charge in [0.15, 0.2) is 0 Å². The quantitative estimate of drug-likeness (QED) is 0.814. The molecule has 2 aliphatic heterocycles. The van der Waals surface area contributed by atoms with Gasteiger partial charge in [0.2, 0.25) is 5.91 Å². The Kier molecular flexibility index (Phi) is 4.53. The van der Waals surface area contributed by atoms with Gasteiger partial charge in [0.1, 0.15) is 0 Å². The molecule has 0 bridgehead atoms. The van der Waals surface area contributed by atoms with Crippen molar-refractivity contribution >= 4 is 5.91 Å². The van der Waals surface area contributed by atoms with Gasteiger partial charge in [-0.25, -0.2) is 4.98 Å². The predicted octanol–water partition coefficient (Wildman–Crippen LogP) is 0.928. The number of piperidine rings is 1. The van der Waals surface area contributed by atoms with E-state index in [2.05, 4.69) is 23.7 Å². The highest BCUT2D eigenvalue weighted by molar-refractivity contribution is 5.82. The van der Waals surface area contributed by atoms with Crippen LogP contribution in [0.4, 0.5) is 0 Å². The van der Waals surface area contributed by atoms with E-state index in [0.717, 1.165) is 30.6 Å². The molecule has 0 aromatic carbocycles. The number of carbonyl (C=O) groups is 1. The number of rotatable bonds is 2. The lowest BCUT2D eigenvalue weighted by molar-refractivity contribution is -0.140. The van der Waals surface area contributed by atoms with Crippen molar-refractivity contribution < 1.29 is 4.79 Å². The Labute approximate surface area is 137 Å². The van der Waals surface area contributed by atoms with Gasteiger partial charge in [-0.1, -0.05) is 6.42 Å². The largest absolute Gasteiger partial charge is 0.335 e. The zero-order valence-electron chi connectivity index (χ0n) is 14.3. The van der Waals surface area contributed by atoms with Gasteiger partial charge in [-0.3, -0.25) is 14.5 Å². The van der Waals surface area contributed by atoms with Crippen molar-refractivity contribution in [3.63, 3.8) is 0 Å². The maximum absolute atomic E-state index is 13.0. The fourth-order valence-electron chi connectivity index (χ4n) is 3.75. The molecule has 0 spiro atoms. The van der Waals surface area contributed by atoms with Gasteiger partial charge in [-0.2, -0.15) is 0 Å². The molecular weight excluding hydrogens is 292 g/mol. The van der Waals surface area contributed by atoms with Crippen LogP contribution in [0.2, 0.25) is 0 Å². The summed E-state index contributed by atoms with van der Waals surface area (Å²) in [4.78, 5) is 33.7. The number of likely N-dealkylation sites (tertiary alicyclic amines) is 1. The van der Waals surface area contributed by atoms with E-state index in [1.54, 1.807) is 13.4 Å². The Morgan fingerprint density at radius 1 is 1.30 bits per heavy atom. The van der Waals surface area contributed by atoms with Crippen molar-refractivity contribution in [2.45, 2.75) is 58.2 Å². The fourth-order valence-corrected chi connectivity index (χ4v) is 3.75. The van der Waals surface area contributed by atoms with Crippen LogP contribution >= 0.6 is 0 Å². The Hall–Kier alpha value is -1.69. The molecule has 1 aromatic heterocycles. The van der Waals surface area contributed by atoms with E-state index in [0.29, 0.717) is 25.6 Å². The molecule has 1 amide bonds. The lowest BCUT2D eigenvalue weighted by Gasteiger charge is -2.40. The monoisotopic (exact) mass is 318 g/mol. The summed E-state index contributed by atoms with van der Waals surface area (Å²) in [6, 6.07) is 0.364. The third kappa shape index (κ3) is 3.04. The molecule has 0 aliphatic carbocycles. The maximum Gasteiger partial charge on any atom is 0.256 e. The highest BCUT2D eigenvalue weighted by Crippen LogP contribution is 2.23. The number of fused-ring (bicyclic) bond motifs is 1. The van der Waals surface area contributed by atoms with Crippen LogP contribution in [0.5, 0.6) is 0 Å². The minimum absolute atomic E-state index is 0.0168. The number of amides is 1. The maximum atomic E-state index is 13.0. The number of hydrogen-bond donors (Lipinski definition) is 0. The summed E-state index contributed by atoms with van der Waals surface area (Å²) >= 11 is 0. The molecule has 126 valence electrons. The Morgan fingerprint density at radius 2 is 2.09 bits per heavy atom. The lowest BCUT2D eigenvalue weighted by Crippen LogP contribution is -2.54. The normalized spacial score (nSPS) is 22.3. The zero-order valence-corrected chi connectivity index (χ0v) is 14.3. The van der Waals surface area contributed by atoms with Crippen LogP contribution in [-0.4, -0.2) is 50.4 Å². The van der Waals surface area contributed by atoms with Crippen molar-refractivity contribution in [1.29, 1.82) is 0 Å². The molecular formula is C17H26N4O2. The molecule has 6 heteroatoms. The number of aryl methyl sites for hydroxylation is 1. The molecule has 0 unspecified atom stereocenters. The van der Waals surface area contributed by atoms with Crippen LogP contribution < -0.4 is 5.56 Å². The van der Waals surface area contributed by atoms with Crippen LogP contribution in [0.15, 0.2) is 11.1 Å². The molecule has 0 N–H and O–H groups in total. The first-order chi connectivity index (χ1) is 11.0. The van der Waals surface area contributed by atoms with Crippen LogP contribution in [0.3, 0.4) is 0 Å². The molecule has 1 aromatic rings. The van der Waals surface area contributed by atoms with E-state index in [9.17, 15) is 9.59 Å². The molecule has 3 rings (SSSR count). The van der Waals surface area contributed by atoms with Gasteiger partial charge in [-0.15, -0.1) is 0 Å². The summed E-state index contributed by atoms with van der Waals surface area (Å²) in [5.74, 6) is 0.200. The summed E-state index contributed by atoms with van der Waals surface area (Å²) in [5, 5.41) is 0. The molecule has 1 fully saturated rings. The number of hydrogen-bond acceptors (Lipinski definition) is 4. The van der Waals surface area contributed by atoms with Gasteiger partial charge in [0, 0.05) is 25.2 Å². The van der Waals surface area contributed by atoms with E-state index in [1.165, 1.54) is 11.0 Å². The fraction of sp³-hybridized carbons (Fsp3) is 0.706. The van der Waals surface area contributed by atoms with Crippen molar-refractivity contribution in [3.05, 3.63) is 27.9 Å². The summed E-state index contributed by atoms with van der Waals surface area (Å²) in [5.41, 5.74) is 1.55. The third-order valence-corrected chi connectivity index (χ3v) is 5.09. The Morgan fingerprint density at radius 3 is 2.83 bits per heavy atom. The average Bonchev–Trinajstić information content (AvgIpc) is 2.57. The second-order valence-electron chi connectivity index (χ2n) is 6.94. The molecule has 1 saturated heterocycles. The van der Waals surface area contributed by atoms with E-state index in [4.69, 9.17) is 0 Å². The number of aromatic nitrogens is 2. The summed E-state index contributed by atoms with van der Waals surface area (Å²) in [6.07, 6.45) is 5.38. The second-order valence-corrected chi connectivity index (χ2v) is 6.94. The predicted molar refractivity (Wildman–Crippen MR) is 88.1 cm³/mol. The van der Waals surface area contributed by atoms with E-state index in [-0.39, 0.29) is 17.5 Å². The van der Waals surface area contributed by atoms with Gasteiger partial charge in [0.05, 0.1) is 24.6 Å². The van der Waals surface area contributed by atoms with Crippen LogP contribution in [-0.2, 0) is 24.8 Å². The van der Waals surface area contributed by atoms with Crippen molar-refractivity contribution in [2.75, 3.05) is 13.1 Å². The van der Waals surface area contributed by atoms with Gasteiger partial charge in [-0.05, 0) is 39.7 Å². The molecule has 3 heterocycles. The lowest BCUT2D eigenvalue weighted by atomic mass is 9.97. The SMILES string of the molecule is CC(C)N1CCCC[C@@H]1C(=O)N1CCc2c(ncn(C)c2=O)C1. The first kappa shape index (κ1) is 16.2. The van der Waals surface area contributed by atoms with Crippen molar-refractivity contribution in [2.24, 2.45) is 7.05 Å². The molecule has 23 heavy (non-hydrogen) atoms. The van der Waals surface area contributed by atoms with Crippen LogP contribution in [0, 0.1) is 0 Å².